The molecule has 2 fully saturated rings. The zero-order valence-corrected chi connectivity index (χ0v) is 35.6. The first-order chi connectivity index (χ1) is 31.2. The van der Waals surface area contributed by atoms with Gasteiger partial charge in [-0.25, -0.2) is 19.3 Å². The van der Waals surface area contributed by atoms with E-state index in [-0.39, 0.29) is 29.8 Å². The smallest absolute Gasteiger partial charge is 0.264 e. The van der Waals surface area contributed by atoms with E-state index in [2.05, 4.69) is 30.4 Å². The van der Waals surface area contributed by atoms with Crippen LogP contribution in [0.2, 0.25) is 0 Å². The van der Waals surface area contributed by atoms with Crippen LogP contribution in [0.15, 0.2) is 66.9 Å². The van der Waals surface area contributed by atoms with E-state index in [1.165, 1.54) is 0 Å². The summed E-state index contributed by atoms with van der Waals surface area (Å²) in [6.07, 6.45) is 1.80. The summed E-state index contributed by atoms with van der Waals surface area (Å²) in [6.45, 7) is 9.40. The van der Waals surface area contributed by atoms with Crippen molar-refractivity contribution >= 4 is 52.0 Å². The Balaban J connectivity index is 0.662. The summed E-state index contributed by atoms with van der Waals surface area (Å²) in [5.74, 6) is -1.37. The van der Waals surface area contributed by atoms with E-state index in [1.807, 2.05) is 41.8 Å². The maximum absolute atomic E-state index is 15.7. The van der Waals surface area contributed by atoms with Gasteiger partial charge in [0.15, 0.2) is 5.65 Å². The molecule has 6 heterocycles. The van der Waals surface area contributed by atoms with Gasteiger partial charge in [-0.3, -0.25) is 38.9 Å². The molecule has 0 saturated carbocycles. The molecule has 4 N–H and O–H groups in total. The lowest BCUT2D eigenvalue weighted by Crippen LogP contribution is -2.54. The molecule has 64 heavy (non-hydrogen) atoms. The van der Waals surface area contributed by atoms with E-state index in [0.29, 0.717) is 107 Å². The first kappa shape index (κ1) is 44.2. The number of carbonyl (C=O) groups excluding carboxylic acids is 4. The highest BCUT2D eigenvalue weighted by molar-refractivity contribution is 6.25. The zero-order chi connectivity index (χ0) is 44.6. The predicted octanol–water partition coefficient (Wildman–Crippen LogP) is 3.21. The number of nitrogens with zero attached hydrogens (tertiary/aromatic N) is 7. The third kappa shape index (κ3) is 10.0. The molecule has 1 atom stereocenters. The quantitative estimate of drug-likeness (QED) is 0.0758. The number of imidazole rings is 1. The van der Waals surface area contributed by atoms with Crippen LogP contribution in [0.4, 0.5) is 21.6 Å². The van der Waals surface area contributed by atoms with Crippen LogP contribution in [0.1, 0.15) is 39.4 Å². The van der Waals surface area contributed by atoms with Crippen molar-refractivity contribution in [2.45, 2.75) is 25.8 Å². The number of hydrogen-bond donors (Lipinski definition) is 3. The van der Waals surface area contributed by atoms with Crippen molar-refractivity contribution in [3.63, 3.8) is 0 Å². The first-order valence-electron chi connectivity index (χ1n) is 21.4. The molecular formula is C45H51FN10O8. The van der Waals surface area contributed by atoms with Crippen LogP contribution in [-0.2, 0) is 28.5 Å². The number of pyridine rings is 2. The first-order valence-corrected chi connectivity index (χ1v) is 21.4. The minimum Gasteiger partial charge on any atom is -0.384 e. The topological polar surface area (TPSA) is 209 Å². The summed E-state index contributed by atoms with van der Waals surface area (Å²) in [5.41, 5.74) is 10.9. The number of nitrogen functional groups attached to an aromatic ring is 1. The molecule has 2 aromatic carbocycles. The molecule has 5 aromatic rings. The molecule has 4 amide bonds. The number of rotatable bonds is 20. The van der Waals surface area contributed by atoms with Gasteiger partial charge in [-0.2, -0.15) is 0 Å². The van der Waals surface area contributed by atoms with Crippen LogP contribution in [-0.4, -0.2) is 151 Å². The van der Waals surface area contributed by atoms with Gasteiger partial charge < -0.3 is 34.9 Å². The molecule has 8 rings (SSSR count). The van der Waals surface area contributed by atoms with E-state index in [0.717, 1.165) is 41.3 Å². The number of halogens is 1. The summed E-state index contributed by atoms with van der Waals surface area (Å²) in [7, 11) is 0. The van der Waals surface area contributed by atoms with E-state index < -0.39 is 29.7 Å². The van der Waals surface area contributed by atoms with Gasteiger partial charge >= 0.3 is 0 Å². The fourth-order valence-electron chi connectivity index (χ4n) is 8.13. The normalized spacial score (nSPS) is 16.8. The van der Waals surface area contributed by atoms with Gasteiger partial charge in [0.05, 0.1) is 81.1 Å². The maximum Gasteiger partial charge on any atom is 0.264 e. The van der Waals surface area contributed by atoms with Gasteiger partial charge in [0, 0.05) is 69.2 Å². The highest BCUT2D eigenvalue weighted by Gasteiger charge is 2.45. The average molecular weight is 879 g/mol. The summed E-state index contributed by atoms with van der Waals surface area (Å²) in [5, 5.41) is 5.35. The Hall–Kier alpha value is -6.38. The number of benzene rings is 2. The number of fused-ring (bicyclic) bond motifs is 2. The third-order valence-electron chi connectivity index (χ3n) is 11.3. The number of aromatic nitrogens is 4. The Labute approximate surface area is 368 Å². The molecule has 3 aliphatic rings. The van der Waals surface area contributed by atoms with E-state index in [4.69, 9.17) is 29.7 Å². The van der Waals surface area contributed by atoms with Crippen molar-refractivity contribution < 1.29 is 42.5 Å². The number of piperazine rings is 1. The van der Waals surface area contributed by atoms with Crippen molar-refractivity contribution in [1.82, 2.24) is 34.6 Å². The van der Waals surface area contributed by atoms with Gasteiger partial charge in [0.25, 0.3) is 11.8 Å². The second-order valence-electron chi connectivity index (χ2n) is 15.5. The zero-order valence-electron chi connectivity index (χ0n) is 35.6. The van der Waals surface area contributed by atoms with Gasteiger partial charge in [-0.1, -0.05) is 6.07 Å². The summed E-state index contributed by atoms with van der Waals surface area (Å²) in [4.78, 5) is 69.1. The molecule has 1 unspecified atom stereocenters. The number of nitrogens with two attached hydrogens (primary N) is 1. The fraction of sp³-hybridized carbons (Fsp3) is 0.400. The molecule has 0 radical (unpaired) electrons. The highest BCUT2D eigenvalue weighted by atomic mass is 19.1. The lowest BCUT2D eigenvalue weighted by Gasteiger charge is -2.36. The van der Waals surface area contributed by atoms with E-state index >= 15 is 4.39 Å². The van der Waals surface area contributed by atoms with Crippen LogP contribution in [0.25, 0.3) is 28.1 Å². The maximum atomic E-state index is 15.7. The van der Waals surface area contributed by atoms with Crippen LogP contribution in [0, 0.1) is 12.7 Å². The second-order valence-corrected chi connectivity index (χ2v) is 15.5. The number of aryl methyl sites for hydroxylation is 1. The number of ether oxygens (including phenoxy) is 4. The molecule has 3 aromatic heterocycles. The standard InChI is InChI=1S/C45H51FN10O8/c1-29-50-36-7-6-34(30-11-12-49-39(47)27-30)51-42(36)55(29)31-5-8-37(33(46)28-31)54-16-14-53(15-17-54)18-20-62-22-24-64-26-25-63-23-21-61-19-13-48-35-4-2-3-32-41(35)45(60)56(44(32)59)38-9-10-40(57)52-43(38)58/h2-8,11-12,27-28,38,48H,9-10,13-26H2,1H3,(H2,47,49)(H,52,57,58). The van der Waals surface area contributed by atoms with Crippen molar-refractivity contribution in [3.05, 3.63) is 89.6 Å². The highest BCUT2D eigenvalue weighted by Crippen LogP contribution is 2.33. The van der Waals surface area contributed by atoms with Crippen LogP contribution >= 0.6 is 0 Å². The number of anilines is 3. The summed E-state index contributed by atoms with van der Waals surface area (Å²) < 4.78 is 40.2. The molecule has 19 heteroatoms. The Bertz CT molecular complexity index is 2510. The molecular weight excluding hydrogens is 828 g/mol. The molecule has 336 valence electrons. The van der Waals surface area contributed by atoms with Crippen molar-refractivity contribution in [2.75, 3.05) is 108 Å². The third-order valence-corrected chi connectivity index (χ3v) is 11.3. The number of carbonyl (C=O) groups is 4. The summed E-state index contributed by atoms with van der Waals surface area (Å²) in [6, 6.07) is 16.6. The van der Waals surface area contributed by atoms with Crippen LogP contribution < -0.4 is 21.3 Å². The van der Waals surface area contributed by atoms with Gasteiger partial charge in [0.2, 0.25) is 11.8 Å². The molecule has 0 bridgehead atoms. The Morgan fingerprint density at radius 1 is 0.828 bits per heavy atom. The lowest BCUT2D eigenvalue weighted by atomic mass is 10.0. The lowest BCUT2D eigenvalue weighted by molar-refractivity contribution is -0.136. The number of nitrogens with one attached hydrogen (secondary N) is 2. The molecule has 2 saturated heterocycles. The largest absolute Gasteiger partial charge is 0.384 e. The number of amides is 4. The number of hydrogen-bond acceptors (Lipinski definition) is 15. The minimum atomic E-state index is -1.02. The van der Waals surface area contributed by atoms with E-state index in [1.54, 1.807) is 36.5 Å². The van der Waals surface area contributed by atoms with E-state index in [9.17, 15) is 19.2 Å². The minimum absolute atomic E-state index is 0.0601. The molecule has 18 nitrogen and oxygen atoms in total. The Morgan fingerprint density at radius 2 is 1.56 bits per heavy atom. The van der Waals surface area contributed by atoms with Crippen molar-refractivity contribution in [3.8, 4) is 16.9 Å². The SMILES string of the molecule is Cc1nc2ccc(-c3ccnc(N)c3)nc2n1-c1ccc(N2CCN(CCOCCOCCOCCOCCNc3cccc4c3C(=O)N(C3CCC(=O)NC3=O)C4=O)CC2)c(F)c1. The van der Waals surface area contributed by atoms with Gasteiger partial charge in [-0.15, -0.1) is 0 Å². The molecule has 0 spiro atoms. The fourth-order valence-corrected chi connectivity index (χ4v) is 8.13. The number of imide groups is 2. The predicted molar refractivity (Wildman–Crippen MR) is 235 cm³/mol. The summed E-state index contributed by atoms with van der Waals surface area (Å²) >= 11 is 0. The van der Waals surface area contributed by atoms with Crippen molar-refractivity contribution in [2.24, 2.45) is 0 Å². The average Bonchev–Trinajstić information content (AvgIpc) is 3.76. The van der Waals surface area contributed by atoms with Crippen molar-refractivity contribution in [1.29, 1.82) is 0 Å². The number of piperidine rings is 1. The van der Waals surface area contributed by atoms with Crippen LogP contribution in [0.5, 0.6) is 0 Å². The second kappa shape index (κ2) is 20.4. The molecule has 3 aliphatic heterocycles. The van der Waals surface area contributed by atoms with Crippen LogP contribution in [0.3, 0.4) is 0 Å². The Morgan fingerprint density at radius 3 is 2.28 bits per heavy atom. The monoisotopic (exact) mass is 878 g/mol. The van der Waals surface area contributed by atoms with Gasteiger partial charge in [-0.05, 0) is 61.9 Å². The Kier molecular flexibility index (Phi) is 14.1. The molecule has 0 aliphatic carbocycles. The van der Waals surface area contributed by atoms with Gasteiger partial charge in [0.1, 0.15) is 29.0 Å².